The highest BCUT2D eigenvalue weighted by Crippen LogP contribution is 2.20. The van der Waals surface area contributed by atoms with Crippen LogP contribution in [0.1, 0.15) is 11.6 Å². The highest BCUT2D eigenvalue weighted by molar-refractivity contribution is 5.79. The minimum absolute atomic E-state index is 0.318. The van der Waals surface area contributed by atoms with Crippen molar-refractivity contribution in [3.63, 3.8) is 0 Å². The van der Waals surface area contributed by atoms with Crippen molar-refractivity contribution in [3.05, 3.63) is 42.1 Å². The van der Waals surface area contributed by atoms with Gasteiger partial charge in [0.2, 0.25) is 0 Å². The number of pyridine rings is 1. The van der Waals surface area contributed by atoms with Crippen molar-refractivity contribution in [3.8, 4) is 0 Å². The average Bonchev–Trinajstić information content (AvgIpc) is 2.39. The van der Waals surface area contributed by atoms with E-state index in [0.29, 0.717) is 6.04 Å². The SMILES string of the molecule is c1cnc2ccc(C3COCCN3)cc2c1. The van der Waals surface area contributed by atoms with Gasteiger partial charge in [0.1, 0.15) is 0 Å². The van der Waals surface area contributed by atoms with E-state index in [1.807, 2.05) is 12.3 Å². The number of nitrogens with one attached hydrogen (secondary N) is 1. The lowest BCUT2D eigenvalue weighted by atomic mass is 10.0. The van der Waals surface area contributed by atoms with Gasteiger partial charge in [0.05, 0.1) is 24.8 Å². The molecule has 0 radical (unpaired) electrons. The van der Waals surface area contributed by atoms with Crippen molar-refractivity contribution in [2.24, 2.45) is 0 Å². The molecule has 0 amide bonds. The average molecular weight is 214 g/mol. The molecule has 0 saturated carbocycles. The van der Waals surface area contributed by atoms with Crippen LogP contribution in [0.3, 0.4) is 0 Å². The summed E-state index contributed by atoms with van der Waals surface area (Å²) in [5.41, 5.74) is 2.32. The van der Waals surface area contributed by atoms with Crippen molar-refractivity contribution in [2.75, 3.05) is 19.8 Å². The fourth-order valence-corrected chi connectivity index (χ4v) is 2.09. The second-order valence-electron chi connectivity index (χ2n) is 4.04. The molecule has 3 rings (SSSR count). The Morgan fingerprint density at radius 3 is 3.19 bits per heavy atom. The molecule has 1 aliphatic heterocycles. The monoisotopic (exact) mass is 214 g/mol. The lowest BCUT2D eigenvalue weighted by Crippen LogP contribution is -2.34. The summed E-state index contributed by atoms with van der Waals surface area (Å²) in [5.74, 6) is 0. The van der Waals surface area contributed by atoms with E-state index in [1.165, 1.54) is 10.9 Å². The van der Waals surface area contributed by atoms with E-state index in [9.17, 15) is 0 Å². The minimum atomic E-state index is 0.318. The molecule has 1 aromatic heterocycles. The fourth-order valence-electron chi connectivity index (χ4n) is 2.09. The van der Waals surface area contributed by atoms with Crippen LogP contribution in [0.25, 0.3) is 10.9 Å². The van der Waals surface area contributed by atoms with Crippen LogP contribution >= 0.6 is 0 Å². The zero-order valence-corrected chi connectivity index (χ0v) is 9.02. The Hall–Kier alpha value is -1.45. The van der Waals surface area contributed by atoms with Gasteiger partial charge in [0.25, 0.3) is 0 Å². The molecule has 2 aromatic rings. The molecule has 16 heavy (non-hydrogen) atoms. The van der Waals surface area contributed by atoms with Gasteiger partial charge in [-0.2, -0.15) is 0 Å². The number of aromatic nitrogens is 1. The highest BCUT2D eigenvalue weighted by atomic mass is 16.5. The molecule has 3 heteroatoms. The third kappa shape index (κ3) is 1.79. The van der Waals surface area contributed by atoms with Crippen LogP contribution in [-0.2, 0) is 4.74 Å². The van der Waals surface area contributed by atoms with Gasteiger partial charge in [-0.05, 0) is 23.8 Å². The maximum absolute atomic E-state index is 5.47. The molecule has 1 aromatic carbocycles. The van der Waals surface area contributed by atoms with Crippen LogP contribution in [0.2, 0.25) is 0 Å². The molecule has 2 heterocycles. The van der Waals surface area contributed by atoms with Crippen molar-refractivity contribution in [2.45, 2.75) is 6.04 Å². The maximum Gasteiger partial charge on any atom is 0.0702 e. The summed E-state index contributed by atoms with van der Waals surface area (Å²) in [4.78, 5) is 4.32. The lowest BCUT2D eigenvalue weighted by Gasteiger charge is -2.24. The number of benzene rings is 1. The van der Waals surface area contributed by atoms with Crippen LogP contribution < -0.4 is 5.32 Å². The second kappa shape index (κ2) is 4.20. The third-order valence-corrected chi connectivity index (χ3v) is 2.95. The van der Waals surface area contributed by atoms with Crippen LogP contribution in [0.15, 0.2) is 36.5 Å². The Bertz CT molecular complexity index is 492. The molecule has 82 valence electrons. The fraction of sp³-hybridized carbons (Fsp3) is 0.308. The number of ether oxygens (including phenoxy) is 1. The van der Waals surface area contributed by atoms with Crippen molar-refractivity contribution in [1.29, 1.82) is 0 Å². The minimum Gasteiger partial charge on any atom is -0.378 e. The first-order valence-corrected chi connectivity index (χ1v) is 5.59. The van der Waals surface area contributed by atoms with E-state index in [-0.39, 0.29) is 0 Å². The van der Waals surface area contributed by atoms with Gasteiger partial charge in [0.15, 0.2) is 0 Å². The van der Waals surface area contributed by atoms with Gasteiger partial charge < -0.3 is 10.1 Å². The molecule has 1 fully saturated rings. The molecule has 0 bridgehead atoms. The van der Waals surface area contributed by atoms with Gasteiger partial charge >= 0.3 is 0 Å². The van der Waals surface area contributed by atoms with Crippen LogP contribution in [-0.4, -0.2) is 24.7 Å². The summed E-state index contributed by atoms with van der Waals surface area (Å²) in [6, 6.07) is 10.8. The summed E-state index contributed by atoms with van der Waals surface area (Å²) < 4.78 is 5.47. The molecule has 1 atom stereocenters. The smallest absolute Gasteiger partial charge is 0.0702 e. The van der Waals surface area contributed by atoms with E-state index in [0.717, 1.165) is 25.3 Å². The number of morpholine rings is 1. The van der Waals surface area contributed by atoms with Crippen LogP contribution in [0.5, 0.6) is 0 Å². The lowest BCUT2D eigenvalue weighted by molar-refractivity contribution is 0.0769. The summed E-state index contributed by atoms with van der Waals surface area (Å²) in [5, 5.41) is 4.64. The zero-order chi connectivity index (χ0) is 10.8. The highest BCUT2D eigenvalue weighted by Gasteiger charge is 2.15. The zero-order valence-electron chi connectivity index (χ0n) is 9.02. The van der Waals surface area contributed by atoms with Crippen LogP contribution in [0.4, 0.5) is 0 Å². The van der Waals surface area contributed by atoms with E-state index in [4.69, 9.17) is 4.74 Å². The largest absolute Gasteiger partial charge is 0.378 e. The Labute approximate surface area is 94.5 Å². The Balaban J connectivity index is 1.97. The first-order valence-electron chi connectivity index (χ1n) is 5.59. The van der Waals surface area contributed by atoms with E-state index in [1.54, 1.807) is 0 Å². The first kappa shape index (κ1) is 9.75. The van der Waals surface area contributed by atoms with E-state index in [2.05, 4.69) is 34.6 Å². The number of hydrogen-bond donors (Lipinski definition) is 1. The van der Waals surface area contributed by atoms with Gasteiger partial charge in [-0.15, -0.1) is 0 Å². The number of hydrogen-bond acceptors (Lipinski definition) is 3. The Kier molecular flexibility index (Phi) is 2.56. The first-order chi connectivity index (χ1) is 7.93. The van der Waals surface area contributed by atoms with Crippen LogP contribution in [0, 0.1) is 0 Å². The maximum atomic E-state index is 5.47. The summed E-state index contributed by atoms with van der Waals surface area (Å²) >= 11 is 0. The number of fused-ring (bicyclic) bond motifs is 1. The molecule has 0 aliphatic carbocycles. The molecule has 1 N–H and O–H groups in total. The van der Waals surface area contributed by atoms with E-state index >= 15 is 0 Å². The van der Waals surface area contributed by atoms with Gasteiger partial charge in [-0.1, -0.05) is 12.1 Å². The molecule has 1 saturated heterocycles. The summed E-state index contributed by atoms with van der Waals surface area (Å²) in [6.45, 7) is 2.49. The number of rotatable bonds is 1. The summed E-state index contributed by atoms with van der Waals surface area (Å²) in [7, 11) is 0. The third-order valence-electron chi connectivity index (χ3n) is 2.95. The normalized spacial score (nSPS) is 21.1. The van der Waals surface area contributed by atoms with Gasteiger partial charge in [0, 0.05) is 18.1 Å². The van der Waals surface area contributed by atoms with Gasteiger partial charge in [-0.3, -0.25) is 4.98 Å². The Morgan fingerprint density at radius 1 is 1.31 bits per heavy atom. The quantitative estimate of drug-likeness (QED) is 0.787. The predicted octanol–water partition coefficient (Wildman–Crippen LogP) is 1.90. The van der Waals surface area contributed by atoms with Crippen molar-refractivity contribution in [1.82, 2.24) is 10.3 Å². The Morgan fingerprint density at radius 2 is 2.31 bits per heavy atom. The molecular formula is C13H14N2O. The van der Waals surface area contributed by atoms with E-state index < -0.39 is 0 Å². The standard InChI is InChI=1S/C13H14N2O/c1-2-10-8-11(3-4-12(10)14-5-1)13-9-16-7-6-15-13/h1-5,8,13,15H,6-7,9H2. The predicted molar refractivity (Wildman–Crippen MR) is 63.3 cm³/mol. The second-order valence-corrected chi connectivity index (χ2v) is 4.04. The molecule has 3 nitrogen and oxygen atoms in total. The van der Waals surface area contributed by atoms with Crippen molar-refractivity contribution >= 4 is 10.9 Å². The summed E-state index contributed by atoms with van der Waals surface area (Å²) in [6.07, 6.45) is 1.82. The molecular weight excluding hydrogens is 200 g/mol. The van der Waals surface area contributed by atoms with Gasteiger partial charge in [-0.25, -0.2) is 0 Å². The molecule has 0 spiro atoms. The molecule has 1 aliphatic rings. The topological polar surface area (TPSA) is 34.1 Å². The number of nitrogens with zero attached hydrogens (tertiary/aromatic N) is 1. The molecule has 1 unspecified atom stereocenters. The van der Waals surface area contributed by atoms with Crippen molar-refractivity contribution < 1.29 is 4.74 Å².